The van der Waals surface area contributed by atoms with Crippen LogP contribution in [-0.4, -0.2) is 4.98 Å². The molecule has 0 unspecified atom stereocenters. The highest BCUT2D eigenvalue weighted by Crippen LogP contribution is 2.43. The van der Waals surface area contributed by atoms with Gasteiger partial charge in [0.15, 0.2) is 5.58 Å². The molecule has 0 amide bonds. The molecule has 0 saturated heterocycles. The maximum Gasteiger partial charge on any atom is 0.227 e. The number of anilines is 3. The fraction of sp³-hybridized carbons (Fsp3) is 0. The van der Waals surface area contributed by atoms with Crippen molar-refractivity contribution >= 4 is 60.5 Å². The summed E-state index contributed by atoms with van der Waals surface area (Å²) in [5.74, 6) is 0.640. The van der Waals surface area contributed by atoms with Crippen LogP contribution in [-0.2, 0) is 0 Å². The minimum Gasteiger partial charge on any atom is -0.436 e. The number of fused-ring (bicyclic) bond motifs is 7. The van der Waals surface area contributed by atoms with Crippen LogP contribution in [0.5, 0.6) is 0 Å². The highest BCUT2D eigenvalue weighted by atomic mass is 16.3. The molecular formula is C49H32N2O. The summed E-state index contributed by atoms with van der Waals surface area (Å²) in [5, 5.41) is 7.05. The topological polar surface area (TPSA) is 29.3 Å². The van der Waals surface area contributed by atoms with E-state index >= 15 is 0 Å². The van der Waals surface area contributed by atoms with Crippen molar-refractivity contribution < 1.29 is 4.42 Å². The summed E-state index contributed by atoms with van der Waals surface area (Å²) in [6, 6.07) is 68.8. The van der Waals surface area contributed by atoms with Gasteiger partial charge in [-0.05, 0) is 98.4 Å². The van der Waals surface area contributed by atoms with Crippen molar-refractivity contribution in [3.63, 3.8) is 0 Å². The highest BCUT2D eigenvalue weighted by molar-refractivity contribution is 6.22. The molecule has 52 heavy (non-hydrogen) atoms. The largest absolute Gasteiger partial charge is 0.436 e. The van der Waals surface area contributed by atoms with Gasteiger partial charge in [0.05, 0.1) is 5.69 Å². The third kappa shape index (κ3) is 5.02. The van der Waals surface area contributed by atoms with Crippen molar-refractivity contribution in [1.29, 1.82) is 0 Å². The van der Waals surface area contributed by atoms with Gasteiger partial charge in [-0.25, -0.2) is 4.98 Å². The molecule has 0 atom stereocenters. The molecular weight excluding hydrogens is 633 g/mol. The van der Waals surface area contributed by atoms with E-state index in [9.17, 15) is 0 Å². The Kier molecular flexibility index (Phi) is 7.14. The molecule has 9 aromatic carbocycles. The number of aromatic nitrogens is 1. The number of oxazole rings is 1. The van der Waals surface area contributed by atoms with Gasteiger partial charge in [-0.15, -0.1) is 0 Å². The Balaban J connectivity index is 1.10. The fourth-order valence-corrected chi connectivity index (χ4v) is 7.66. The third-order valence-corrected chi connectivity index (χ3v) is 10.1. The monoisotopic (exact) mass is 664 g/mol. The van der Waals surface area contributed by atoms with E-state index in [4.69, 9.17) is 9.40 Å². The Morgan fingerprint density at radius 2 is 0.846 bits per heavy atom. The predicted octanol–water partition coefficient (Wildman–Crippen LogP) is 13.8. The first kappa shape index (κ1) is 29.9. The van der Waals surface area contributed by atoms with E-state index in [1.54, 1.807) is 0 Å². The lowest BCUT2D eigenvalue weighted by molar-refractivity contribution is 0.620. The summed E-state index contributed by atoms with van der Waals surface area (Å²) in [6.07, 6.45) is 0. The number of benzene rings is 9. The van der Waals surface area contributed by atoms with Gasteiger partial charge in [-0.1, -0.05) is 140 Å². The highest BCUT2D eigenvalue weighted by Gasteiger charge is 2.18. The molecule has 1 aromatic heterocycles. The van der Waals surface area contributed by atoms with E-state index in [2.05, 4.69) is 169 Å². The molecule has 0 aliphatic rings. The lowest BCUT2D eigenvalue weighted by Gasteiger charge is -2.27. The number of hydrogen-bond acceptors (Lipinski definition) is 3. The average molecular weight is 665 g/mol. The Labute approximate surface area is 301 Å². The third-order valence-electron chi connectivity index (χ3n) is 10.1. The summed E-state index contributed by atoms with van der Waals surface area (Å²) < 4.78 is 6.21. The van der Waals surface area contributed by atoms with Gasteiger partial charge in [0.25, 0.3) is 0 Å². The number of hydrogen-bond donors (Lipinski definition) is 0. The molecule has 3 heteroatoms. The van der Waals surface area contributed by atoms with E-state index < -0.39 is 0 Å². The maximum absolute atomic E-state index is 6.21. The Morgan fingerprint density at radius 1 is 0.346 bits per heavy atom. The second-order valence-electron chi connectivity index (χ2n) is 13.1. The second kappa shape index (κ2) is 12.4. The van der Waals surface area contributed by atoms with Gasteiger partial charge < -0.3 is 9.32 Å². The van der Waals surface area contributed by atoms with Crippen LogP contribution in [0.3, 0.4) is 0 Å². The fourth-order valence-electron chi connectivity index (χ4n) is 7.66. The van der Waals surface area contributed by atoms with Crippen molar-refractivity contribution in [3.05, 3.63) is 194 Å². The lowest BCUT2D eigenvalue weighted by Crippen LogP contribution is -2.10. The molecule has 1 heterocycles. The van der Waals surface area contributed by atoms with Crippen LogP contribution in [0.1, 0.15) is 0 Å². The van der Waals surface area contributed by atoms with Gasteiger partial charge in [-0.3, -0.25) is 0 Å². The first-order valence-electron chi connectivity index (χ1n) is 17.6. The summed E-state index contributed by atoms with van der Waals surface area (Å²) in [6.45, 7) is 0. The van der Waals surface area contributed by atoms with Crippen LogP contribution in [0.25, 0.3) is 77.1 Å². The molecule has 0 bridgehead atoms. The standard InChI is InChI=1S/C49H32N2O/c1-4-13-33(14-5-1)38-19-10-11-20-39(38)34-23-25-37(26-24-34)51(36-17-8-3-9-18-36)46-22-12-21-40-41-28-30-45-43(42(41)27-29-44(40)46)31-32-47-48(45)50-49(52-47)35-15-6-2-7-16-35/h1-32H. The van der Waals surface area contributed by atoms with Crippen molar-refractivity contribution in [1.82, 2.24) is 4.98 Å². The van der Waals surface area contributed by atoms with Crippen LogP contribution in [0.4, 0.5) is 17.1 Å². The van der Waals surface area contributed by atoms with Crippen molar-refractivity contribution in [3.8, 4) is 33.7 Å². The molecule has 0 aliphatic carbocycles. The Bertz CT molecular complexity index is 2880. The number of para-hydroxylation sites is 1. The quantitative estimate of drug-likeness (QED) is 0.166. The van der Waals surface area contributed by atoms with Gasteiger partial charge >= 0.3 is 0 Å². The molecule has 10 rings (SSSR count). The predicted molar refractivity (Wildman–Crippen MR) is 218 cm³/mol. The zero-order valence-corrected chi connectivity index (χ0v) is 28.3. The summed E-state index contributed by atoms with van der Waals surface area (Å²) in [4.78, 5) is 7.32. The zero-order chi connectivity index (χ0) is 34.4. The molecule has 0 radical (unpaired) electrons. The van der Waals surface area contributed by atoms with Crippen LogP contribution in [0.2, 0.25) is 0 Å². The first-order chi connectivity index (χ1) is 25.8. The normalized spacial score (nSPS) is 11.5. The molecule has 0 fully saturated rings. The second-order valence-corrected chi connectivity index (χ2v) is 13.1. The van der Waals surface area contributed by atoms with Gasteiger partial charge in [0.1, 0.15) is 5.52 Å². The number of rotatable bonds is 6. The molecule has 0 aliphatic heterocycles. The van der Waals surface area contributed by atoms with Gasteiger partial charge in [-0.2, -0.15) is 0 Å². The summed E-state index contributed by atoms with van der Waals surface area (Å²) in [7, 11) is 0. The van der Waals surface area contributed by atoms with E-state index in [1.165, 1.54) is 43.8 Å². The van der Waals surface area contributed by atoms with Crippen molar-refractivity contribution in [2.24, 2.45) is 0 Å². The van der Waals surface area contributed by atoms with Crippen LogP contribution in [0, 0.1) is 0 Å². The molecule has 0 N–H and O–H groups in total. The van der Waals surface area contributed by atoms with E-state index in [0.29, 0.717) is 5.89 Å². The smallest absolute Gasteiger partial charge is 0.227 e. The SMILES string of the molecule is c1ccc(-c2nc3c(ccc4c5ccc6c(N(c7ccccc7)c7ccc(-c8ccccc8-c8ccccc8)cc7)cccc6c5ccc43)o2)cc1. The summed E-state index contributed by atoms with van der Waals surface area (Å²) in [5.41, 5.74) is 10.8. The van der Waals surface area contributed by atoms with Crippen LogP contribution < -0.4 is 4.90 Å². The zero-order valence-electron chi connectivity index (χ0n) is 28.3. The van der Waals surface area contributed by atoms with Crippen molar-refractivity contribution in [2.75, 3.05) is 4.90 Å². The van der Waals surface area contributed by atoms with Crippen molar-refractivity contribution in [2.45, 2.75) is 0 Å². The maximum atomic E-state index is 6.21. The van der Waals surface area contributed by atoms with E-state index in [1.807, 2.05) is 30.3 Å². The lowest BCUT2D eigenvalue weighted by atomic mass is 9.94. The molecule has 0 spiro atoms. The van der Waals surface area contributed by atoms with Crippen LogP contribution >= 0.6 is 0 Å². The van der Waals surface area contributed by atoms with Gasteiger partial charge in [0.2, 0.25) is 5.89 Å². The molecule has 244 valence electrons. The minimum absolute atomic E-state index is 0.640. The molecule has 10 aromatic rings. The number of nitrogens with zero attached hydrogens (tertiary/aromatic N) is 2. The van der Waals surface area contributed by atoms with Gasteiger partial charge in [0, 0.05) is 27.7 Å². The first-order valence-corrected chi connectivity index (χ1v) is 17.6. The van der Waals surface area contributed by atoms with E-state index in [0.717, 1.165) is 44.5 Å². The minimum atomic E-state index is 0.640. The van der Waals surface area contributed by atoms with Crippen LogP contribution in [0.15, 0.2) is 199 Å². The Morgan fingerprint density at radius 3 is 1.54 bits per heavy atom. The summed E-state index contributed by atoms with van der Waals surface area (Å²) >= 11 is 0. The molecule has 3 nitrogen and oxygen atoms in total. The molecule has 0 saturated carbocycles. The average Bonchev–Trinajstić information content (AvgIpc) is 3.67. The van der Waals surface area contributed by atoms with E-state index in [-0.39, 0.29) is 0 Å². The Hall–Kier alpha value is -6.97.